The Kier molecular flexibility index (Phi) is 12.8. The maximum atomic E-state index is 13.2. The fourth-order valence-electron chi connectivity index (χ4n) is 8.37. The minimum absolute atomic E-state index is 0.00887. The number of halogens is 1. The molecule has 3 aromatic carbocycles. The molecule has 16 nitrogen and oxygen atoms in total. The number of hydrogen-bond acceptors (Lipinski definition) is 11. The van der Waals surface area contributed by atoms with E-state index in [9.17, 15) is 24.0 Å². The summed E-state index contributed by atoms with van der Waals surface area (Å²) in [6.45, 7) is 3.78. The Morgan fingerprint density at radius 3 is 2.42 bits per heavy atom. The Hall–Kier alpha value is -6.70. The number of nitrogens with two attached hydrogens (primary N) is 1. The first-order chi connectivity index (χ1) is 30.1. The molecule has 17 heteroatoms. The molecule has 62 heavy (non-hydrogen) atoms. The van der Waals surface area contributed by atoms with Crippen LogP contribution in [0.2, 0.25) is 5.02 Å². The molecule has 4 heterocycles. The molecule has 7 N–H and O–H groups in total. The van der Waals surface area contributed by atoms with Crippen LogP contribution in [-0.2, 0) is 16.1 Å². The summed E-state index contributed by atoms with van der Waals surface area (Å²) in [6, 6.07) is 20.2. The maximum absolute atomic E-state index is 13.2. The highest BCUT2D eigenvalue weighted by molar-refractivity contribution is 6.33. The quantitative estimate of drug-likeness (QED) is 0.0696. The van der Waals surface area contributed by atoms with E-state index in [1.165, 1.54) is 6.20 Å². The molecular weight excluding hydrogens is 810 g/mol. The zero-order chi connectivity index (χ0) is 43.2. The van der Waals surface area contributed by atoms with Crippen LogP contribution in [0.25, 0.3) is 0 Å². The highest BCUT2D eigenvalue weighted by Gasteiger charge is 2.39. The summed E-state index contributed by atoms with van der Waals surface area (Å²) >= 11 is 6.35. The monoisotopic (exact) mass is 857 g/mol. The van der Waals surface area contributed by atoms with Crippen LogP contribution in [0.15, 0.2) is 72.9 Å². The van der Waals surface area contributed by atoms with Crippen LogP contribution in [0.4, 0.5) is 33.6 Å². The van der Waals surface area contributed by atoms with E-state index in [-0.39, 0.29) is 35.3 Å². The number of nitrogens with zero attached hydrogens (tertiary/aromatic N) is 5. The second-order valence-electron chi connectivity index (χ2n) is 15.8. The van der Waals surface area contributed by atoms with Crippen LogP contribution in [0.5, 0.6) is 0 Å². The van der Waals surface area contributed by atoms with Gasteiger partial charge in [-0.1, -0.05) is 35.6 Å². The number of hydrogen-bond donors (Lipinski definition) is 6. The van der Waals surface area contributed by atoms with Gasteiger partial charge < -0.3 is 41.7 Å². The van der Waals surface area contributed by atoms with E-state index in [4.69, 9.17) is 17.3 Å². The standard InChI is InChI=1S/C45H48ClN11O5/c46-36-26-49-44(54-41(36)52-37-7-2-1-6-35(37)40(47)59)50-31-13-15-33(16-14-31)55-21-23-56(24-22-55)45(62)51-32-11-9-30(10-12-32)48-20-4-3-5-28-8-17-34-29(25-28)27-57(43(34)61)38-18-19-39(58)53-42(38)60/h1-2,6-8,13-17,25-26,30,32,38,48H,4,9-12,18-24,27H2,(H2,47,59)(H,51,62)(H,53,58,60)(H2,49,50,52,54). The summed E-state index contributed by atoms with van der Waals surface area (Å²) in [4.78, 5) is 76.4. The average Bonchev–Trinajstić information content (AvgIpc) is 3.60. The molecular formula is C45H48ClN11O5. The van der Waals surface area contributed by atoms with Crippen molar-refractivity contribution < 1.29 is 24.0 Å². The molecule has 320 valence electrons. The molecule has 0 radical (unpaired) electrons. The van der Waals surface area contributed by atoms with Gasteiger partial charge in [0.2, 0.25) is 17.8 Å². The number of amides is 6. The van der Waals surface area contributed by atoms with Gasteiger partial charge in [0.15, 0.2) is 5.82 Å². The number of benzene rings is 3. The number of fused-ring (bicyclic) bond motifs is 1. The average molecular weight is 858 g/mol. The van der Waals surface area contributed by atoms with Crippen LogP contribution in [0, 0.1) is 11.8 Å². The van der Waals surface area contributed by atoms with Gasteiger partial charge in [-0.05, 0) is 92.3 Å². The second-order valence-corrected chi connectivity index (χ2v) is 16.3. The zero-order valence-corrected chi connectivity index (χ0v) is 34.8. The molecule has 2 saturated heterocycles. The zero-order valence-electron chi connectivity index (χ0n) is 34.1. The summed E-state index contributed by atoms with van der Waals surface area (Å²) in [5, 5.41) is 15.8. The number of urea groups is 1. The van der Waals surface area contributed by atoms with Crippen LogP contribution in [-0.4, -0.2) is 100 Å². The van der Waals surface area contributed by atoms with E-state index >= 15 is 0 Å². The Morgan fingerprint density at radius 1 is 0.903 bits per heavy atom. The fraction of sp³-hybridized carbons (Fsp3) is 0.356. The number of rotatable bonds is 11. The van der Waals surface area contributed by atoms with Gasteiger partial charge in [0, 0.05) is 86.7 Å². The molecule has 3 fully saturated rings. The number of piperidine rings is 1. The van der Waals surface area contributed by atoms with E-state index in [0.717, 1.165) is 67.8 Å². The molecule has 1 saturated carbocycles. The van der Waals surface area contributed by atoms with Crippen LogP contribution >= 0.6 is 11.6 Å². The minimum atomic E-state index is -0.633. The van der Waals surface area contributed by atoms with Crippen molar-refractivity contribution >= 4 is 70.1 Å². The van der Waals surface area contributed by atoms with Gasteiger partial charge in [0.25, 0.3) is 11.8 Å². The molecule has 1 unspecified atom stereocenters. The molecule has 3 aliphatic heterocycles. The van der Waals surface area contributed by atoms with Crippen LogP contribution < -0.4 is 37.2 Å². The lowest BCUT2D eigenvalue weighted by Gasteiger charge is -2.37. The van der Waals surface area contributed by atoms with Gasteiger partial charge in [-0.3, -0.25) is 24.5 Å². The lowest BCUT2D eigenvalue weighted by atomic mass is 9.91. The third-order valence-corrected chi connectivity index (χ3v) is 12.0. The van der Waals surface area contributed by atoms with Gasteiger partial charge in [0.05, 0.1) is 17.4 Å². The first-order valence-electron chi connectivity index (χ1n) is 20.9. The van der Waals surface area contributed by atoms with E-state index in [1.54, 1.807) is 35.2 Å². The summed E-state index contributed by atoms with van der Waals surface area (Å²) < 4.78 is 0. The van der Waals surface area contributed by atoms with Gasteiger partial charge >= 0.3 is 6.03 Å². The highest BCUT2D eigenvalue weighted by Crippen LogP contribution is 2.30. The van der Waals surface area contributed by atoms with E-state index in [1.807, 2.05) is 41.3 Å². The third-order valence-electron chi connectivity index (χ3n) is 11.7. The van der Waals surface area contributed by atoms with Crippen LogP contribution in [0.3, 0.4) is 0 Å². The van der Waals surface area contributed by atoms with Gasteiger partial charge in [-0.15, -0.1) is 0 Å². The normalized spacial score (nSPS) is 19.9. The predicted molar refractivity (Wildman–Crippen MR) is 235 cm³/mol. The lowest BCUT2D eigenvalue weighted by molar-refractivity contribution is -0.136. The fourth-order valence-corrected chi connectivity index (χ4v) is 8.50. The van der Waals surface area contributed by atoms with Crippen molar-refractivity contribution in [3.8, 4) is 11.8 Å². The molecule has 4 aromatic rings. The largest absolute Gasteiger partial charge is 0.368 e. The van der Waals surface area contributed by atoms with E-state index in [2.05, 4.69) is 53.3 Å². The molecule has 1 atom stereocenters. The van der Waals surface area contributed by atoms with Gasteiger partial charge in [0.1, 0.15) is 11.1 Å². The first kappa shape index (κ1) is 42.0. The number of aromatic nitrogens is 2. The highest BCUT2D eigenvalue weighted by atomic mass is 35.5. The van der Waals surface area contributed by atoms with Crippen molar-refractivity contribution in [2.24, 2.45) is 5.73 Å². The summed E-state index contributed by atoms with van der Waals surface area (Å²) in [6.07, 6.45) is 6.51. The molecule has 4 aliphatic rings. The predicted octanol–water partition coefficient (Wildman–Crippen LogP) is 4.65. The molecule has 8 rings (SSSR count). The van der Waals surface area contributed by atoms with E-state index in [0.29, 0.717) is 67.1 Å². The number of imide groups is 1. The number of carbonyl (C=O) groups is 5. The summed E-state index contributed by atoms with van der Waals surface area (Å²) in [7, 11) is 0. The molecule has 1 aliphatic carbocycles. The minimum Gasteiger partial charge on any atom is -0.368 e. The number of nitrogens with one attached hydrogen (secondary N) is 5. The summed E-state index contributed by atoms with van der Waals surface area (Å²) in [5.41, 5.74) is 10.4. The third kappa shape index (κ3) is 9.91. The van der Waals surface area contributed by atoms with E-state index < -0.39 is 17.9 Å². The Balaban J connectivity index is 0.725. The molecule has 1 aromatic heterocycles. The van der Waals surface area contributed by atoms with Crippen LogP contribution in [0.1, 0.15) is 76.8 Å². The number of carbonyl (C=O) groups excluding carboxylic acids is 5. The maximum Gasteiger partial charge on any atom is 0.317 e. The van der Waals surface area contributed by atoms with Gasteiger partial charge in [-0.25, -0.2) is 9.78 Å². The lowest BCUT2D eigenvalue weighted by Crippen LogP contribution is -2.54. The van der Waals surface area contributed by atoms with Crippen molar-refractivity contribution in [2.75, 3.05) is 48.3 Å². The van der Waals surface area contributed by atoms with Crippen molar-refractivity contribution in [3.05, 3.63) is 100 Å². The second kappa shape index (κ2) is 18.9. The number of para-hydroxylation sites is 1. The van der Waals surface area contributed by atoms with Gasteiger partial charge in [-0.2, -0.15) is 4.98 Å². The van der Waals surface area contributed by atoms with Crippen molar-refractivity contribution in [1.29, 1.82) is 0 Å². The Bertz CT molecular complexity index is 2420. The number of anilines is 5. The topological polar surface area (TPSA) is 207 Å². The van der Waals surface area contributed by atoms with Crippen molar-refractivity contribution in [2.45, 2.75) is 69.6 Å². The molecule has 0 spiro atoms. The molecule has 0 bridgehead atoms. The molecule has 6 amide bonds. The SMILES string of the molecule is NC(=O)c1ccccc1Nc1nc(Nc2ccc(N3CCN(C(=O)NC4CCC(NCCC#Cc5ccc6c(c5)CN(C5CCC(=O)NC5=O)C6=O)CC4)CC3)cc2)ncc1Cl. The number of piperazine rings is 1. The number of primary amides is 1. The van der Waals surface area contributed by atoms with Crippen molar-refractivity contribution in [3.63, 3.8) is 0 Å². The smallest absolute Gasteiger partial charge is 0.317 e. The first-order valence-corrected chi connectivity index (χ1v) is 21.3. The Labute approximate surface area is 364 Å². The Morgan fingerprint density at radius 2 is 1.66 bits per heavy atom. The summed E-state index contributed by atoms with van der Waals surface area (Å²) in [5.74, 6) is 5.63. The van der Waals surface area contributed by atoms with Crippen molar-refractivity contribution in [1.82, 2.24) is 35.7 Å².